The fourth-order valence-electron chi connectivity index (χ4n) is 3.58. The highest BCUT2D eigenvalue weighted by atomic mass is 35.5. The van der Waals surface area contributed by atoms with Gasteiger partial charge in [-0.1, -0.05) is 59.3 Å². The molecule has 34 heavy (non-hydrogen) atoms. The molecule has 7 heteroatoms. The topological polar surface area (TPSA) is 55.3 Å². The summed E-state index contributed by atoms with van der Waals surface area (Å²) in [6, 6.07) is 26.1. The number of pyridine rings is 1. The number of thiazole rings is 1. The number of carbonyl (C=O) groups excluding carboxylic acids is 1. The van der Waals surface area contributed by atoms with E-state index >= 15 is 0 Å². The van der Waals surface area contributed by atoms with Crippen molar-refractivity contribution in [1.82, 2.24) is 9.97 Å². The molecule has 0 bridgehead atoms. The van der Waals surface area contributed by atoms with E-state index in [1.165, 1.54) is 11.3 Å². The molecule has 168 valence electrons. The first-order chi connectivity index (χ1) is 16.6. The van der Waals surface area contributed by atoms with E-state index in [2.05, 4.69) is 4.98 Å². The molecule has 0 saturated carbocycles. The second-order valence-corrected chi connectivity index (χ2v) is 9.06. The van der Waals surface area contributed by atoms with Gasteiger partial charge in [-0.2, -0.15) is 0 Å². The normalized spacial score (nSPS) is 10.9. The third-order valence-electron chi connectivity index (χ3n) is 5.35. The summed E-state index contributed by atoms with van der Waals surface area (Å²) in [7, 11) is 0. The molecule has 5 rings (SSSR count). The Morgan fingerprint density at radius 3 is 2.53 bits per heavy atom. The molecule has 0 fully saturated rings. The van der Waals surface area contributed by atoms with Crippen LogP contribution in [0.3, 0.4) is 0 Å². The van der Waals surface area contributed by atoms with Gasteiger partial charge in [0.1, 0.15) is 11.5 Å². The van der Waals surface area contributed by atoms with Crippen molar-refractivity contribution in [3.05, 3.63) is 113 Å². The lowest BCUT2D eigenvalue weighted by atomic mass is 10.1. The van der Waals surface area contributed by atoms with Crippen LogP contribution in [0.2, 0.25) is 5.02 Å². The Bertz CT molecular complexity index is 1460. The number of fused-ring (bicyclic) bond motifs is 1. The highest BCUT2D eigenvalue weighted by Gasteiger charge is 2.25. The Hall–Kier alpha value is -3.74. The molecule has 2 heterocycles. The lowest BCUT2D eigenvalue weighted by molar-refractivity contribution is 0.0982. The van der Waals surface area contributed by atoms with E-state index in [1.807, 2.05) is 79.7 Å². The number of amides is 1. The molecule has 0 saturated heterocycles. The molecule has 0 unspecified atom stereocenters. The number of anilines is 1. The Morgan fingerprint density at radius 2 is 1.74 bits per heavy atom. The van der Waals surface area contributed by atoms with Crippen LogP contribution in [0.4, 0.5) is 5.13 Å². The van der Waals surface area contributed by atoms with Gasteiger partial charge >= 0.3 is 0 Å². The number of ether oxygens (including phenoxy) is 1. The fourth-order valence-corrected chi connectivity index (χ4v) is 4.75. The average molecular weight is 486 g/mol. The number of hydrogen-bond donors (Lipinski definition) is 0. The van der Waals surface area contributed by atoms with Crippen LogP contribution >= 0.6 is 22.9 Å². The lowest BCUT2D eigenvalue weighted by Crippen LogP contribution is -2.31. The number of benzene rings is 3. The van der Waals surface area contributed by atoms with Gasteiger partial charge in [0.25, 0.3) is 5.91 Å². The van der Waals surface area contributed by atoms with Gasteiger partial charge in [0.15, 0.2) is 5.13 Å². The summed E-state index contributed by atoms with van der Waals surface area (Å²) >= 11 is 7.77. The van der Waals surface area contributed by atoms with Gasteiger partial charge in [-0.3, -0.25) is 14.7 Å². The second kappa shape index (κ2) is 9.63. The van der Waals surface area contributed by atoms with Crippen molar-refractivity contribution < 1.29 is 9.53 Å². The van der Waals surface area contributed by atoms with Gasteiger partial charge in [-0.25, -0.2) is 4.98 Å². The van der Waals surface area contributed by atoms with E-state index in [0.29, 0.717) is 27.2 Å². The molecule has 3 aromatic carbocycles. The number of aromatic nitrogens is 2. The lowest BCUT2D eigenvalue weighted by Gasteiger charge is -2.21. The van der Waals surface area contributed by atoms with Crippen LogP contribution in [0.1, 0.15) is 21.6 Å². The highest BCUT2D eigenvalue weighted by molar-refractivity contribution is 7.22. The zero-order chi connectivity index (χ0) is 23.5. The van der Waals surface area contributed by atoms with Crippen LogP contribution in [0, 0.1) is 6.92 Å². The molecule has 0 N–H and O–H groups in total. The third-order valence-corrected chi connectivity index (χ3v) is 6.80. The second-order valence-electron chi connectivity index (χ2n) is 7.64. The predicted molar refractivity (Wildman–Crippen MR) is 137 cm³/mol. The van der Waals surface area contributed by atoms with Crippen molar-refractivity contribution in [2.75, 3.05) is 4.90 Å². The Morgan fingerprint density at radius 1 is 0.971 bits per heavy atom. The quantitative estimate of drug-likeness (QED) is 0.253. The van der Waals surface area contributed by atoms with Crippen LogP contribution in [-0.2, 0) is 6.54 Å². The summed E-state index contributed by atoms with van der Waals surface area (Å²) in [6.45, 7) is 2.20. The smallest absolute Gasteiger partial charge is 0.264 e. The summed E-state index contributed by atoms with van der Waals surface area (Å²) < 4.78 is 7.03. The van der Waals surface area contributed by atoms with Gasteiger partial charge in [0, 0.05) is 11.2 Å². The maximum absolute atomic E-state index is 13.9. The minimum Gasteiger partial charge on any atom is -0.457 e. The number of halogens is 1. The van der Waals surface area contributed by atoms with E-state index in [-0.39, 0.29) is 12.5 Å². The van der Waals surface area contributed by atoms with Crippen molar-refractivity contribution in [2.45, 2.75) is 13.5 Å². The summed E-state index contributed by atoms with van der Waals surface area (Å²) in [5, 5.41) is 1.22. The SMILES string of the molecule is Cc1c(Cl)ccc2sc(N(Cc3ccccn3)C(=O)c3ccccc3Oc3ccccc3)nc12. The minimum atomic E-state index is -0.222. The number of nitrogens with zero attached hydrogens (tertiary/aromatic N) is 3. The number of aryl methyl sites for hydroxylation is 1. The van der Waals surface area contributed by atoms with Gasteiger partial charge in [-0.05, 0) is 61.0 Å². The van der Waals surface area contributed by atoms with E-state index in [4.69, 9.17) is 21.3 Å². The first-order valence-corrected chi connectivity index (χ1v) is 11.9. The Balaban J connectivity index is 1.58. The zero-order valence-corrected chi connectivity index (χ0v) is 19.9. The summed E-state index contributed by atoms with van der Waals surface area (Å²) in [5.74, 6) is 0.911. The molecule has 5 nitrogen and oxygen atoms in total. The van der Waals surface area contributed by atoms with Gasteiger partial charge in [0.2, 0.25) is 0 Å². The number of para-hydroxylation sites is 2. The van der Waals surface area contributed by atoms with Crippen molar-refractivity contribution in [2.24, 2.45) is 0 Å². The van der Waals surface area contributed by atoms with Crippen LogP contribution in [-0.4, -0.2) is 15.9 Å². The Kier molecular flexibility index (Phi) is 6.25. The zero-order valence-electron chi connectivity index (χ0n) is 18.3. The van der Waals surface area contributed by atoms with Crippen LogP contribution in [0.5, 0.6) is 11.5 Å². The molecular formula is C27H20ClN3O2S. The molecule has 0 aliphatic carbocycles. The first kappa shape index (κ1) is 22.1. The third kappa shape index (κ3) is 4.51. The standard InChI is InChI=1S/C27H20ClN3O2S/c1-18-22(28)14-15-24-25(18)30-27(34-24)31(17-19-9-7-8-16-29-19)26(32)21-12-5-6-13-23(21)33-20-10-3-2-4-11-20/h2-16H,17H2,1H3. The molecule has 0 radical (unpaired) electrons. The molecule has 1 amide bonds. The molecular weight excluding hydrogens is 466 g/mol. The largest absolute Gasteiger partial charge is 0.457 e. The molecule has 0 spiro atoms. The van der Waals surface area contributed by atoms with Crippen LogP contribution < -0.4 is 9.64 Å². The molecule has 2 aromatic heterocycles. The van der Waals surface area contributed by atoms with Gasteiger partial charge in [0.05, 0.1) is 28.0 Å². The number of hydrogen-bond acceptors (Lipinski definition) is 5. The number of carbonyl (C=O) groups is 1. The molecule has 0 aliphatic heterocycles. The van der Waals surface area contributed by atoms with Crippen LogP contribution in [0.25, 0.3) is 10.2 Å². The predicted octanol–water partition coefficient (Wildman–Crippen LogP) is 7.29. The summed E-state index contributed by atoms with van der Waals surface area (Å²) in [4.78, 5) is 24.8. The van der Waals surface area contributed by atoms with E-state index in [1.54, 1.807) is 23.2 Å². The van der Waals surface area contributed by atoms with Crippen molar-refractivity contribution in [3.8, 4) is 11.5 Å². The van der Waals surface area contributed by atoms with E-state index in [9.17, 15) is 4.79 Å². The maximum atomic E-state index is 13.9. The summed E-state index contributed by atoms with van der Waals surface area (Å²) in [6.07, 6.45) is 1.72. The monoisotopic (exact) mass is 485 g/mol. The molecule has 0 atom stereocenters. The van der Waals surface area contributed by atoms with Crippen molar-refractivity contribution in [3.63, 3.8) is 0 Å². The summed E-state index contributed by atoms with van der Waals surface area (Å²) in [5.41, 5.74) is 2.88. The molecule has 0 aliphatic rings. The average Bonchev–Trinajstić information content (AvgIpc) is 3.31. The highest BCUT2D eigenvalue weighted by Crippen LogP contribution is 2.36. The van der Waals surface area contributed by atoms with Crippen LogP contribution in [0.15, 0.2) is 91.1 Å². The first-order valence-electron chi connectivity index (χ1n) is 10.7. The number of rotatable bonds is 6. The Labute approximate surface area is 206 Å². The maximum Gasteiger partial charge on any atom is 0.264 e. The van der Waals surface area contributed by atoms with E-state index < -0.39 is 0 Å². The van der Waals surface area contributed by atoms with Gasteiger partial charge < -0.3 is 4.74 Å². The minimum absolute atomic E-state index is 0.222. The van der Waals surface area contributed by atoms with E-state index in [0.717, 1.165) is 21.5 Å². The van der Waals surface area contributed by atoms with Crippen molar-refractivity contribution >= 4 is 44.2 Å². The fraction of sp³-hybridized carbons (Fsp3) is 0.0741. The van der Waals surface area contributed by atoms with Crippen molar-refractivity contribution in [1.29, 1.82) is 0 Å². The van der Waals surface area contributed by atoms with Gasteiger partial charge in [-0.15, -0.1) is 0 Å². The molecule has 5 aromatic rings.